The minimum Gasteiger partial charge on any atom is -0.871 e. The number of aromatic hydroxyl groups is 2. The van der Waals surface area contributed by atoms with Gasteiger partial charge in [0.15, 0.2) is 11.5 Å². The van der Waals surface area contributed by atoms with Crippen molar-refractivity contribution in [3.8, 4) is 17.2 Å². The minimum atomic E-state index is -0.428. The number of rotatable bonds is 0. The summed E-state index contributed by atoms with van der Waals surface area (Å²) in [6, 6.07) is 0. The van der Waals surface area contributed by atoms with Crippen LogP contribution in [0.1, 0.15) is 11.1 Å². The number of anilines is 1. The summed E-state index contributed by atoms with van der Waals surface area (Å²) in [7, 11) is 0. The first-order valence-corrected chi connectivity index (χ1v) is 3.44. The van der Waals surface area contributed by atoms with Crippen LogP contribution < -0.4 is 10.8 Å². The van der Waals surface area contributed by atoms with Crippen molar-refractivity contribution in [2.45, 2.75) is 13.8 Å². The summed E-state index contributed by atoms with van der Waals surface area (Å²) < 4.78 is 0. The highest BCUT2D eigenvalue weighted by Gasteiger charge is 2.10. The van der Waals surface area contributed by atoms with E-state index in [1.807, 2.05) is 0 Å². The van der Waals surface area contributed by atoms with Gasteiger partial charge in [0.1, 0.15) is 0 Å². The molecule has 4 nitrogen and oxygen atoms in total. The van der Waals surface area contributed by atoms with Crippen LogP contribution in [-0.4, -0.2) is 10.2 Å². The largest absolute Gasteiger partial charge is 0.871 e. The number of benzene rings is 1. The molecule has 1 rings (SSSR count). The molecule has 0 amide bonds. The lowest BCUT2D eigenvalue weighted by atomic mass is 10.1. The molecule has 0 fully saturated rings. The van der Waals surface area contributed by atoms with E-state index in [4.69, 9.17) is 5.73 Å². The maximum absolute atomic E-state index is 11.2. The second-order valence-corrected chi connectivity index (χ2v) is 2.69. The van der Waals surface area contributed by atoms with Crippen LogP contribution in [0.3, 0.4) is 0 Å². The Bertz CT molecular complexity index is 229. The zero-order valence-corrected chi connectivity index (χ0v) is 6.88. The molecule has 0 unspecified atom stereocenters. The van der Waals surface area contributed by atoms with Gasteiger partial charge in [0.25, 0.3) is 0 Å². The molecule has 0 radical (unpaired) electrons. The zero-order chi connectivity index (χ0) is 9.46. The highest BCUT2D eigenvalue weighted by molar-refractivity contribution is 5.70. The van der Waals surface area contributed by atoms with Crippen LogP contribution in [0.2, 0.25) is 0 Å². The maximum atomic E-state index is 11.2. The van der Waals surface area contributed by atoms with Crippen molar-refractivity contribution < 1.29 is 15.3 Å². The van der Waals surface area contributed by atoms with Crippen LogP contribution in [0.5, 0.6) is 17.2 Å². The first-order chi connectivity index (χ1) is 5.46. The molecule has 4 N–H and O–H groups in total. The number of phenolic OH excluding ortho intramolecular Hbond substituents is 2. The van der Waals surface area contributed by atoms with E-state index in [-0.39, 0.29) is 28.3 Å². The lowest BCUT2D eigenvalue weighted by Crippen LogP contribution is -2.02. The Kier molecular flexibility index (Phi) is 1.76. The number of phenols is 2. The van der Waals surface area contributed by atoms with Gasteiger partial charge in [-0.15, -0.1) is 0 Å². The zero-order valence-electron chi connectivity index (χ0n) is 6.88. The molecule has 0 aliphatic carbocycles. The third-order valence-corrected chi connectivity index (χ3v) is 1.92. The van der Waals surface area contributed by atoms with E-state index in [9.17, 15) is 15.3 Å². The Balaban J connectivity index is 3.60. The number of hydrogen-bond donors (Lipinski definition) is 3. The van der Waals surface area contributed by atoms with Crippen molar-refractivity contribution in [1.82, 2.24) is 0 Å². The lowest BCUT2D eigenvalue weighted by molar-refractivity contribution is -0.268. The Labute approximate surface area is 69.9 Å². The van der Waals surface area contributed by atoms with Gasteiger partial charge in [-0.3, -0.25) is 0 Å². The fourth-order valence-corrected chi connectivity index (χ4v) is 0.963. The van der Waals surface area contributed by atoms with Crippen molar-refractivity contribution in [2.24, 2.45) is 0 Å². The molecule has 0 aliphatic rings. The van der Waals surface area contributed by atoms with Crippen molar-refractivity contribution in [3.63, 3.8) is 0 Å². The number of nitrogens with two attached hydrogens (primary N) is 1. The fraction of sp³-hybridized carbons (Fsp3) is 0.250. The quantitative estimate of drug-likeness (QED) is 0.296. The van der Waals surface area contributed by atoms with Crippen molar-refractivity contribution in [1.29, 1.82) is 0 Å². The molecule has 0 saturated heterocycles. The fourth-order valence-electron chi connectivity index (χ4n) is 0.963. The second-order valence-electron chi connectivity index (χ2n) is 2.69. The van der Waals surface area contributed by atoms with Gasteiger partial charge in [-0.2, -0.15) is 0 Å². The average molecular weight is 168 g/mol. The summed E-state index contributed by atoms with van der Waals surface area (Å²) in [4.78, 5) is 0. The van der Waals surface area contributed by atoms with E-state index in [1.54, 1.807) is 0 Å². The predicted molar refractivity (Wildman–Crippen MR) is 43.1 cm³/mol. The first kappa shape index (κ1) is 8.52. The molecule has 1 aromatic rings. The van der Waals surface area contributed by atoms with Gasteiger partial charge >= 0.3 is 0 Å². The van der Waals surface area contributed by atoms with E-state index in [2.05, 4.69) is 0 Å². The average Bonchev–Trinajstić information content (AvgIpc) is 2.08. The van der Waals surface area contributed by atoms with E-state index in [1.165, 1.54) is 13.8 Å². The van der Waals surface area contributed by atoms with Crippen LogP contribution in [0.4, 0.5) is 5.69 Å². The van der Waals surface area contributed by atoms with Crippen LogP contribution in [-0.2, 0) is 0 Å². The normalized spacial score (nSPS) is 10.2. The molecule has 0 bridgehead atoms. The molecule has 0 aliphatic heterocycles. The van der Waals surface area contributed by atoms with Crippen molar-refractivity contribution in [2.75, 3.05) is 5.73 Å². The van der Waals surface area contributed by atoms with Gasteiger partial charge in [0.2, 0.25) is 0 Å². The van der Waals surface area contributed by atoms with Crippen LogP contribution >= 0.6 is 0 Å². The molecule has 66 valence electrons. The van der Waals surface area contributed by atoms with Crippen LogP contribution in [0.15, 0.2) is 0 Å². The SMILES string of the molecule is Cc1c(N)c([O-])c(C)c(O)c1O. The highest BCUT2D eigenvalue weighted by Crippen LogP contribution is 2.41. The molecule has 12 heavy (non-hydrogen) atoms. The minimum absolute atomic E-state index is 0.0113. The molecule has 0 aromatic heterocycles. The number of nitrogen functional groups attached to an aromatic ring is 1. The maximum Gasteiger partial charge on any atom is 0.162 e. The predicted octanol–water partition coefficient (Wildman–Crippen LogP) is 0.370. The van der Waals surface area contributed by atoms with E-state index >= 15 is 0 Å². The lowest BCUT2D eigenvalue weighted by Gasteiger charge is -2.18. The third kappa shape index (κ3) is 0.922. The van der Waals surface area contributed by atoms with Crippen molar-refractivity contribution in [3.05, 3.63) is 11.1 Å². The summed E-state index contributed by atoms with van der Waals surface area (Å²) in [6.07, 6.45) is 0. The topological polar surface area (TPSA) is 89.5 Å². The van der Waals surface area contributed by atoms with Gasteiger partial charge in [0, 0.05) is 11.3 Å². The van der Waals surface area contributed by atoms with E-state index in [0.29, 0.717) is 0 Å². The highest BCUT2D eigenvalue weighted by atomic mass is 16.3. The monoisotopic (exact) mass is 168 g/mol. The smallest absolute Gasteiger partial charge is 0.162 e. The number of hydrogen-bond acceptors (Lipinski definition) is 4. The first-order valence-electron chi connectivity index (χ1n) is 3.44. The van der Waals surface area contributed by atoms with Crippen LogP contribution in [0, 0.1) is 13.8 Å². The molecule has 0 spiro atoms. The Hall–Kier alpha value is -1.58. The van der Waals surface area contributed by atoms with Crippen molar-refractivity contribution >= 4 is 5.69 Å². The van der Waals surface area contributed by atoms with Gasteiger partial charge in [-0.1, -0.05) is 5.75 Å². The molecule has 1 aromatic carbocycles. The van der Waals surface area contributed by atoms with Gasteiger partial charge < -0.3 is 21.1 Å². The Morgan fingerprint density at radius 3 is 2.00 bits per heavy atom. The second kappa shape index (κ2) is 2.48. The van der Waals surface area contributed by atoms with Crippen LogP contribution in [0.25, 0.3) is 0 Å². The van der Waals surface area contributed by atoms with Gasteiger partial charge in [-0.25, -0.2) is 0 Å². The van der Waals surface area contributed by atoms with Gasteiger partial charge in [-0.05, 0) is 19.4 Å². The standard InChI is InChI=1S/C8H11NO3/c1-3-5(9)6(10)4(2)8(12)7(3)11/h10-12H,9H2,1-2H3/p-1. The summed E-state index contributed by atoms with van der Waals surface area (Å²) in [6.45, 7) is 2.89. The molecular weight excluding hydrogens is 158 g/mol. The molecular formula is C8H10NO3-. The summed E-state index contributed by atoms with van der Waals surface area (Å²) >= 11 is 0. The molecule has 0 heterocycles. The summed E-state index contributed by atoms with van der Waals surface area (Å²) in [5.41, 5.74) is 5.66. The molecule has 0 saturated carbocycles. The molecule has 0 atom stereocenters. The van der Waals surface area contributed by atoms with Gasteiger partial charge in [0.05, 0.1) is 0 Å². The molecule has 4 heteroatoms. The Morgan fingerprint density at radius 2 is 1.50 bits per heavy atom. The van der Waals surface area contributed by atoms with E-state index in [0.717, 1.165) is 0 Å². The third-order valence-electron chi connectivity index (χ3n) is 1.92. The summed E-state index contributed by atoms with van der Waals surface area (Å²) in [5, 5.41) is 29.6. The Morgan fingerprint density at radius 1 is 1.08 bits per heavy atom. The summed E-state index contributed by atoms with van der Waals surface area (Å²) in [5.74, 6) is -1.13. The van der Waals surface area contributed by atoms with E-state index < -0.39 is 5.75 Å².